The maximum Gasteiger partial charge on any atom is 0.237 e. The van der Waals surface area contributed by atoms with Gasteiger partial charge in [-0.05, 0) is 30.7 Å². The molecule has 5 aromatic rings. The van der Waals surface area contributed by atoms with Gasteiger partial charge in [0.25, 0.3) is 0 Å². The highest BCUT2D eigenvalue weighted by Gasteiger charge is 2.35. The first-order valence-corrected chi connectivity index (χ1v) is 10.5. The van der Waals surface area contributed by atoms with Gasteiger partial charge < -0.3 is 4.90 Å². The van der Waals surface area contributed by atoms with E-state index < -0.39 is 0 Å². The summed E-state index contributed by atoms with van der Waals surface area (Å²) in [6.45, 7) is 2.10. The number of benzene rings is 1. The lowest BCUT2D eigenvalue weighted by molar-refractivity contribution is 0.588. The van der Waals surface area contributed by atoms with E-state index in [1.165, 1.54) is 12.1 Å². The van der Waals surface area contributed by atoms with Crippen LogP contribution in [0, 0.1) is 5.82 Å². The fourth-order valence-corrected chi connectivity index (χ4v) is 4.22. The van der Waals surface area contributed by atoms with E-state index in [2.05, 4.69) is 37.1 Å². The van der Waals surface area contributed by atoms with Gasteiger partial charge >= 0.3 is 0 Å². The van der Waals surface area contributed by atoms with Gasteiger partial charge in [0.05, 0.1) is 24.1 Å². The number of anilines is 2. The number of hydrogen-bond acceptors (Lipinski definition) is 7. The smallest absolute Gasteiger partial charge is 0.237 e. The van der Waals surface area contributed by atoms with Crippen LogP contribution >= 0.6 is 0 Å². The van der Waals surface area contributed by atoms with E-state index in [1.807, 2.05) is 17.8 Å². The van der Waals surface area contributed by atoms with Crippen molar-refractivity contribution in [2.45, 2.75) is 19.4 Å². The Bertz CT molecular complexity index is 1450. The molecule has 11 heteroatoms. The third-order valence-electron chi connectivity index (χ3n) is 5.72. The van der Waals surface area contributed by atoms with Crippen molar-refractivity contribution in [1.29, 1.82) is 0 Å². The van der Waals surface area contributed by atoms with Crippen LogP contribution in [0.25, 0.3) is 23.0 Å². The van der Waals surface area contributed by atoms with Crippen LogP contribution in [-0.2, 0) is 7.05 Å². The van der Waals surface area contributed by atoms with E-state index in [0.717, 1.165) is 29.2 Å². The van der Waals surface area contributed by atoms with Crippen molar-refractivity contribution in [3.8, 4) is 23.0 Å². The molecule has 6 rings (SSSR count). The maximum atomic E-state index is 13.4. The molecule has 33 heavy (non-hydrogen) atoms. The highest BCUT2D eigenvalue weighted by molar-refractivity contribution is 5.71. The van der Waals surface area contributed by atoms with Crippen LogP contribution in [0.4, 0.5) is 15.9 Å². The first kappa shape index (κ1) is 19.3. The average Bonchev–Trinajstić information content (AvgIpc) is 3.59. The van der Waals surface area contributed by atoms with Crippen molar-refractivity contribution >= 4 is 11.5 Å². The molecular formula is C22H19FN10. The number of aryl methyl sites for hydroxylation is 1. The van der Waals surface area contributed by atoms with Crippen LogP contribution in [0.1, 0.15) is 25.2 Å². The lowest BCUT2D eigenvalue weighted by Gasteiger charge is -2.35. The molecule has 0 fully saturated rings. The van der Waals surface area contributed by atoms with Crippen LogP contribution in [0.5, 0.6) is 0 Å². The van der Waals surface area contributed by atoms with Gasteiger partial charge in [-0.15, -0.1) is 10.2 Å². The van der Waals surface area contributed by atoms with E-state index in [1.54, 1.807) is 52.5 Å². The van der Waals surface area contributed by atoms with Crippen molar-refractivity contribution in [2.75, 3.05) is 4.90 Å². The number of hydrogen-bond donors (Lipinski definition) is 0. The van der Waals surface area contributed by atoms with Crippen molar-refractivity contribution in [1.82, 2.24) is 44.1 Å². The Morgan fingerprint density at radius 3 is 2.67 bits per heavy atom. The molecule has 1 aromatic carbocycles. The molecule has 1 atom stereocenters. The first-order valence-electron chi connectivity index (χ1n) is 10.5. The standard InChI is InChI=1S/C22H19FN10/c1-3-17-21-29-26-13-32(21)18-11-25-22(28-20(18)33(17)16-10-27-30(2)12-16)31-9-8-24-19(31)14-4-6-15(23)7-5-14/h4-13,17H,3H2,1-2H3/t17-/m1/s1. The van der Waals surface area contributed by atoms with Gasteiger partial charge in [0, 0.05) is 31.2 Å². The van der Waals surface area contributed by atoms with E-state index in [4.69, 9.17) is 4.98 Å². The molecule has 10 nitrogen and oxygen atoms in total. The fraction of sp³-hybridized carbons (Fsp3) is 0.182. The zero-order chi connectivity index (χ0) is 22.5. The molecule has 4 aromatic heterocycles. The zero-order valence-electron chi connectivity index (χ0n) is 17.9. The first-order chi connectivity index (χ1) is 16.1. The Kier molecular flexibility index (Phi) is 4.28. The minimum Gasteiger partial charge on any atom is -0.311 e. The molecule has 0 unspecified atom stereocenters. The summed E-state index contributed by atoms with van der Waals surface area (Å²) in [6.07, 6.45) is 11.4. The molecule has 164 valence electrons. The Labute approximate surface area is 188 Å². The van der Waals surface area contributed by atoms with Gasteiger partial charge in [-0.3, -0.25) is 13.8 Å². The predicted molar refractivity (Wildman–Crippen MR) is 118 cm³/mol. The molecule has 1 aliphatic rings. The van der Waals surface area contributed by atoms with Gasteiger partial charge in [0.15, 0.2) is 11.6 Å². The van der Waals surface area contributed by atoms with Crippen LogP contribution in [-0.4, -0.2) is 44.1 Å². The van der Waals surface area contributed by atoms with E-state index in [-0.39, 0.29) is 11.9 Å². The molecule has 0 aliphatic carbocycles. The number of fused-ring (bicyclic) bond motifs is 3. The van der Waals surface area contributed by atoms with E-state index >= 15 is 0 Å². The van der Waals surface area contributed by atoms with Gasteiger partial charge in [-0.1, -0.05) is 6.92 Å². The quantitative estimate of drug-likeness (QED) is 0.421. The third-order valence-corrected chi connectivity index (χ3v) is 5.72. The van der Waals surface area contributed by atoms with Gasteiger partial charge in [0.2, 0.25) is 5.95 Å². The fourth-order valence-electron chi connectivity index (χ4n) is 4.22. The lowest BCUT2D eigenvalue weighted by atomic mass is 10.1. The number of aromatic nitrogens is 9. The predicted octanol–water partition coefficient (Wildman–Crippen LogP) is 3.39. The molecular weight excluding hydrogens is 423 g/mol. The molecule has 1 aliphatic heterocycles. The van der Waals surface area contributed by atoms with Crippen molar-refractivity contribution in [2.24, 2.45) is 7.05 Å². The highest BCUT2D eigenvalue weighted by Crippen LogP contribution is 2.42. The minimum atomic E-state index is -0.302. The number of imidazole rings is 1. The summed E-state index contributed by atoms with van der Waals surface area (Å²) in [7, 11) is 1.88. The number of nitrogens with zero attached hydrogens (tertiary/aromatic N) is 10. The Morgan fingerprint density at radius 2 is 1.91 bits per heavy atom. The molecule has 0 saturated carbocycles. The summed E-state index contributed by atoms with van der Waals surface area (Å²) in [5, 5.41) is 12.9. The number of halogens is 1. The van der Waals surface area contributed by atoms with Crippen LogP contribution in [0.2, 0.25) is 0 Å². The molecule has 0 N–H and O–H groups in total. The topological polar surface area (TPSA) is 95.4 Å². The Hall–Kier alpha value is -4.41. The monoisotopic (exact) mass is 442 g/mol. The highest BCUT2D eigenvalue weighted by atomic mass is 19.1. The maximum absolute atomic E-state index is 13.4. The Morgan fingerprint density at radius 1 is 1.06 bits per heavy atom. The second-order valence-electron chi connectivity index (χ2n) is 7.73. The normalized spacial score (nSPS) is 14.9. The summed E-state index contributed by atoms with van der Waals surface area (Å²) >= 11 is 0. The molecule has 0 radical (unpaired) electrons. The molecule has 0 spiro atoms. The molecule has 5 heterocycles. The largest absolute Gasteiger partial charge is 0.311 e. The summed E-state index contributed by atoms with van der Waals surface area (Å²) in [6, 6.07) is 6.11. The zero-order valence-corrected chi connectivity index (χ0v) is 17.9. The number of rotatable bonds is 4. The van der Waals surface area contributed by atoms with Crippen LogP contribution < -0.4 is 4.90 Å². The van der Waals surface area contributed by atoms with E-state index in [0.29, 0.717) is 17.6 Å². The Balaban J connectivity index is 1.54. The average molecular weight is 442 g/mol. The summed E-state index contributed by atoms with van der Waals surface area (Å²) in [4.78, 5) is 16.1. The minimum absolute atomic E-state index is 0.0775. The van der Waals surface area contributed by atoms with Gasteiger partial charge in [-0.2, -0.15) is 10.1 Å². The second-order valence-corrected chi connectivity index (χ2v) is 7.73. The third kappa shape index (κ3) is 3.00. The van der Waals surface area contributed by atoms with Crippen molar-refractivity contribution in [3.05, 3.63) is 73.2 Å². The van der Waals surface area contributed by atoms with Crippen LogP contribution in [0.15, 0.2) is 61.6 Å². The van der Waals surface area contributed by atoms with E-state index in [9.17, 15) is 4.39 Å². The molecule has 0 bridgehead atoms. The molecule has 0 amide bonds. The summed E-state index contributed by atoms with van der Waals surface area (Å²) in [5.74, 6) is 2.30. The summed E-state index contributed by atoms with van der Waals surface area (Å²) in [5.41, 5.74) is 2.43. The van der Waals surface area contributed by atoms with Crippen LogP contribution in [0.3, 0.4) is 0 Å². The van der Waals surface area contributed by atoms with Gasteiger partial charge in [-0.25, -0.2) is 14.4 Å². The van der Waals surface area contributed by atoms with Crippen molar-refractivity contribution in [3.63, 3.8) is 0 Å². The van der Waals surface area contributed by atoms with Crippen molar-refractivity contribution < 1.29 is 4.39 Å². The molecule has 0 saturated heterocycles. The summed E-state index contributed by atoms with van der Waals surface area (Å²) < 4.78 is 18.9. The lowest BCUT2D eigenvalue weighted by Crippen LogP contribution is -2.32. The second kappa shape index (κ2) is 7.33. The van der Waals surface area contributed by atoms with Gasteiger partial charge in [0.1, 0.15) is 23.7 Å². The SMILES string of the molecule is CC[C@@H]1c2nncn2-c2cnc(-n3ccnc3-c3ccc(F)cc3)nc2N1c1cnn(C)c1.